The molecule has 0 unspecified atom stereocenters. The molecule has 24 heavy (non-hydrogen) atoms. The van der Waals surface area contributed by atoms with E-state index in [0.29, 0.717) is 0 Å². The van der Waals surface area contributed by atoms with Crippen LogP contribution in [0.15, 0.2) is 0 Å². The minimum absolute atomic E-state index is 0.0289. The van der Waals surface area contributed by atoms with Crippen LogP contribution >= 0.6 is 0 Å². The molecule has 5 nitrogen and oxygen atoms in total. The first-order valence-electron chi connectivity index (χ1n) is 9.66. The summed E-state index contributed by atoms with van der Waals surface area (Å²) >= 11 is 0. The second-order valence-corrected chi connectivity index (χ2v) is 7.64. The summed E-state index contributed by atoms with van der Waals surface area (Å²) in [5.41, 5.74) is 0. The van der Waals surface area contributed by atoms with Crippen LogP contribution in [0.4, 0.5) is 0 Å². The normalized spacial score (nSPS) is 11.4. The minimum Gasteiger partial charge on any atom is -0.317 e. The van der Waals surface area contributed by atoms with Gasteiger partial charge in [-0.3, -0.25) is 4.55 Å². The first kappa shape index (κ1) is 26.1. The van der Waals surface area contributed by atoms with Gasteiger partial charge in [0.2, 0.25) is 0 Å². The van der Waals surface area contributed by atoms with Crippen LogP contribution in [0.3, 0.4) is 0 Å². The number of rotatable bonds is 15. The van der Waals surface area contributed by atoms with Gasteiger partial charge in [-0.15, -0.1) is 0 Å². The molecule has 0 aliphatic heterocycles. The Kier molecular flexibility index (Phi) is 20.8. The van der Waals surface area contributed by atoms with E-state index in [1.165, 1.54) is 77.7 Å². The maximum atomic E-state index is 9.56. The van der Waals surface area contributed by atoms with Gasteiger partial charge < -0.3 is 5.32 Å². The molecule has 2 N–H and O–H groups in total. The van der Waals surface area contributed by atoms with E-state index < -0.39 is 10.4 Å². The highest BCUT2D eigenvalue weighted by Gasteiger charge is 1.98. The third-order valence-electron chi connectivity index (χ3n) is 3.65. The van der Waals surface area contributed by atoms with Gasteiger partial charge in [0.05, 0.1) is 6.61 Å². The van der Waals surface area contributed by atoms with Crippen molar-refractivity contribution in [2.24, 2.45) is 5.92 Å². The molecule has 0 aromatic carbocycles. The van der Waals surface area contributed by atoms with Crippen molar-refractivity contribution in [1.82, 2.24) is 5.32 Å². The van der Waals surface area contributed by atoms with Crippen molar-refractivity contribution in [2.75, 3.05) is 19.7 Å². The van der Waals surface area contributed by atoms with Gasteiger partial charge in [0, 0.05) is 0 Å². The summed E-state index contributed by atoms with van der Waals surface area (Å²) in [7, 11) is -4.17. The Balaban J connectivity index is 0. The van der Waals surface area contributed by atoms with Gasteiger partial charge in [-0.2, -0.15) is 8.42 Å². The molecule has 0 rings (SSSR count). The van der Waals surface area contributed by atoms with Crippen LogP contribution < -0.4 is 5.32 Å². The smallest absolute Gasteiger partial charge is 0.317 e. The molecule has 0 amide bonds. The van der Waals surface area contributed by atoms with Crippen LogP contribution in [0, 0.1) is 5.92 Å². The molecule has 0 aromatic rings. The van der Waals surface area contributed by atoms with Gasteiger partial charge in [-0.25, -0.2) is 4.18 Å². The van der Waals surface area contributed by atoms with Gasteiger partial charge >= 0.3 is 10.4 Å². The quantitative estimate of drug-likeness (QED) is 0.315. The summed E-state index contributed by atoms with van der Waals surface area (Å²) in [5.74, 6) is 0.895. The number of unbranched alkanes of at least 4 members (excludes halogenated alkanes) is 8. The number of nitrogens with one attached hydrogen (secondary N) is 1. The molecular weight excluding hydrogens is 326 g/mol. The summed E-state index contributed by atoms with van der Waals surface area (Å²) < 4.78 is 30.7. The fraction of sp³-hybridized carbons (Fsp3) is 1.00. The molecule has 0 aliphatic rings. The molecule has 0 bridgehead atoms. The van der Waals surface area contributed by atoms with E-state index in [9.17, 15) is 8.42 Å². The summed E-state index contributed by atoms with van der Waals surface area (Å²) in [6.07, 6.45) is 14.4. The molecule has 0 aliphatic carbocycles. The lowest BCUT2D eigenvalue weighted by Crippen LogP contribution is -2.13. The third kappa shape index (κ3) is 29.8. The SMILES string of the molecule is CCNCCCCCCCCCCCC(C)C.CCOS(=O)(=O)O. The van der Waals surface area contributed by atoms with Gasteiger partial charge in [-0.05, 0) is 32.4 Å². The lowest BCUT2D eigenvalue weighted by Gasteiger charge is -2.04. The van der Waals surface area contributed by atoms with Crippen LogP contribution in [-0.2, 0) is 14.6 Å². The van der Waals surface area contributed by atoms with Crippen LogP contribution in [-0.4, -0.2) is 32.7 Å². The van der Waals surface area contributed by atoms with Crippen molar-refractivity contribution in [3.05, 3.63) is 0 Å². The van der Waals surface area contributed by atoms with E-state index in [2.05, 4.69) is 30.3 Å². The maximum Gasteiger partial charge on any atom is 0.397 e. The average Bonchev–Trinajstić information content (AvgIpc) is 2.47. The summed E-state index contributed by atoms with van der Waals surface area (Å²) in [6.45, 7) is 10.6. The zero-order valence-electron chi connectivity index (χ0n) is 16.3. The maximum absolute atomic E-state index is 9.56. The van der Waals surface area contributed by atoms with Crippen molar-refractivity contribution < 1.29 is 17.2 Å². The van der Waals surface area contributed by atoms with Gasteiger partial charge in [0.1, 0.15) is 0 Å². The Morgan fingerprint density at radius 3 is 1.67 bits per heavy atom. The summed E-state index contributed by atoms with van der Waals surface area (Å²) in [5, 5.41) is 3.38. The molecule has 0 aromatic heterocycles. The highest BCUT2D eigenvalue weighted by Crippen LogP contribution is 2.12. The second-order valence-electron chi connectivity index (χ2n) is 6.55. The van der Waals surface area contributed by atoms with Crippen molar-refractivity contribution in [3.8, 4) is 0 Å². The molecule has 6 heteroatoms. The van der Waals surface area contributed by atoms with E-state index in [1.807, 2.05) is 0 Å². The predicted octanol–water partition coefficient (Wildman–Crippen LogP) is 4.98. The molecule has 0 spiro atoms. The van der Waals surface area contributed by atoms with E-state index in [0.717, 1.165) is 12.5 Å². The molecule has 0 saturated heterocycles. The topological polar surface area (TPSA) is 75.6 Å². The molecule has 0 fully saturated rings. The first-order valence-corrected chi connectivity index (χ1v) is 11.0. The van der Waals surface area contributed by atoms with Crippen molar-refractivity contribution in [3.63, 3.8) is 0 Å². The number of hydrogen-bond donors (Lipinski definition) is 2. The van der Waals surface area contributed by atoms with Crippen LogP contribution in [0.1, 0.15) is 91.9 Å². The van der Waals surface area contributed by atoms with Crippen LogP contribution in [0.5, 0.6) is 0 Å². The van der Waals surface area contributed by atoms with Gasteiger partial charge in [-0.1, -0.05) is 78.6 Å². The fourth-order valence-corrected chi connectivity index (χ4v) is 2.66. The monoisotopic (exact) mass is 367 g/mol. The third-order valence-corrected chi connectivity index (χ3v) is 4.19. The first-order chi connectivity index (χ1) is 11.3. The Labute approximate surface area is 150 Å². The Morgan fingerprint density at radius 2 is 1.33 bits per heavy atom. The molecule has 148 valence electrons. The molecular formula is C18H41NO4S. The largest absolute Gasteiger partial charge is 0.397 e. The molecule has 0 radical (unpaired) electrons. The van der Waals surface area contributed by atoms with Crippen LogP contribution in [0.2, 0.25) is 0 Å². The van der Waals surface area contributed by atoms with E-state index >= 15 is 0 Å². The molecule has 0 saturated carbocycles. The minimum atomic E-state index is -4.17. The van der Waals surface area contributed by atoms with E-state index in [-0.39, 0.29) is 6.61 Å². The predicted molar refractivity (Wildman–Crippen MR) is 103 cm³/mol. The average molecular weight is 368 g/mol. The Morgan fingerprint density at radius 1 is 0.875 bits per heavy atom. The highest BCUT2D eigenvalue weighted by molar-refractivity contribution is 7.80. The molecule has 0 heterocycles. The van der Waals surface area contributed by atoms with Gasteiger partial charge in [0.15, 0.2) is 0 Å². The van der Waals surface area contributed by atoms with Crippen molar-refractivity contribution >= 4 is 10.4 Å². The second kappa shape index (κ2) is 19.2. The summed E-state index contributed by atoms with van der Waals surface area (Å²) in [4.78, 5) is 0. The lowest BCUT2D eigenvalue weighted by molar-refractivity contribution is 0.283. The Bertz CT molecular complexity index is 332. The number of hydrogen-bond acceptors (Lipinski definition) is 4. The zero-order valence-corrected chi connectivity index (χ0v) is 17.2. The standard InChI is InChI=1S/C16H35N.C2H6O4S/c1-4-17-15-13-11-9-7-5-6-8-10-12-14-16(2)3;1-2-6-7(3,4)5/h16-17H,4-15H2,1-3H3;2H2,1H3,(H,3,4,5). The summed E-state index contributed by atoms with van der Waals surface area (Å²) in [6, 6.07) is 0. The Hall–Kier alpha value is -0.170. The zero-order chi connectivity index (χ0) is 18.7. The van der Waals surface area contributed by atoms with E-state index in [4.69, 9.17) is 4.55 Å². The van der Waals surface area contributed by atoms with Crippen LogP contribution in [0.25, 0.3) is 0 Å². The fourth-order valence-electron chi connectivity index (χ4n) is 2.37. The lowest BCUT2D eigenvalue weighted by atomic mass is 10.0. The van der Waals surface area contributed by atoms with E-state index in [1.54, 1.807) is 0 Å². The highest BCUT2D eigenvalue weighted by atomic mass is 32.3. The van der Waals surface area contributed by atoms with Crippen molar-refractivity contribution in [1.29, 1.82) is 0 Å². The molecule has 0 atom stereocenters. The van der Waals surface area contributed by atoms with Crippen molar-refractivity contribution in [2.45, 2.75) is 91.9 Å². The van der Waals surface area contributed by atoms with Gasteiger partial charge in [0.25, 0.3) is 0 Å².